The summed E-state index contributed by atoms with van der Waals surface area (Å²) in [6.07, 6.45) is 2.64. The number of nitrogens with zero attached hydrogens (tertiary/aromatic N) is 1. The van der Waals surface area contributed by atoms with Crippen LogP contribution in [0.3, 0.4) is 0 Å². The fourth-order valence-electron chi connectivity index (χ4n) is 4.66. The average molecular weight is 369 g/mol. The first-order chi connectivity index (χ1) is 12.4. The van der Waals surface area contributed by atoms with Crippen LogP contribution in [0.2, 0.25) is 0 Å². The molecule has 1 amide bonds. The second kappa shape index (κ2) is 6.50. The second-order valence-corrected chi connectivity index (χ2v) is 8.41. The molecule has 1 aromatic carbocycles. The van der Waals surface area contributed by atoms with Crippen LogP contribution in [0.25, 0.3) is 11.3 Å². The zero-order valence-electron chi connectivity index (χ0n) is 14.8. The van der Waals surface area contributed by atoms with Crippen LogP contribution in [0.5, 0.6) is 0 Å². The van der Waals surface area contributed by atoms with E-state index in [9.17, 15) is 14.7 Å². The van der Waals surface area contributed by atoms with Crippen LogP contribution in [0.1, 0.15) is 30.4 Å². The molecule has 5 nitrogen and oxygen atoms in total. The summed E-state index contributed by atoms with van der Waals surface area (Å²) in [4.78, 5) is 28.8. The molecule has 1 aromatic heterocycles. The van der Waals surface area contributed by atoms with Gasteiger partial charge in [0.2, 0.25) is 5.91 Å². The molecule has 26 heavy (non-hydrogen) atoms. The van der Waals surface area contributed by atoms with Crippen LogP contribution in [0.15, 0.2) is 23.6 Å². The van der Waals surface area contributed by atoms with Gasteiger partial charge in [0.1, 0.15) is 0 Å². The summed E-state index contributed by atoms with van der Waals surface area (Å²) >= 11 is 1.37. The quantitative estimate of drug-likeness (QED) is 0.898. The molecule has 0 aliphatic heterocycles. The number of fused-ring (bicyclic) bond motifs is 2. The normalized spacial score (nSPS) is 26.8. The predicted molar refractivity (Wildman–Crippen MR) is 98.5 cm³/mol. The number of anilines is 1. The van der Waals surface area contributed by atoms with E-state index in [1.807, 2.05) is 19.2 Å². The highest BCUT2D eigenvalue weighted by molar-refractivity contribution is 7.14. The van der Waals surface area contributed by atoms with Crippen LogP contribution >= 0.6 is 11.3 Å². The van der Waals surface area contributed by atoms with E-state index in [2.05, 4.69) is 28.5 Å². The first kappa shape index (κ1) is 17.2. The number of nitrogens with one attached hydrogen (secondary N) is 1. The molecule has 136 valence electrons. The average Bonchev–Trinajstić information content (AvgIpc) is 3.32. The summed E-state index contributed by atoms with van der Waals surface area (Å²) < 4.78 is 0. The molecular weight excluding hydrogens is 348 g/mol. The molecule has 2 fully saturated rings. The summed E-state index contributed by atoms with van der Waals surface area (Å²) in [5.41, 5.74) is 4.16. The third-order valence-electron chi connectivity index (χ3n) is 5.89. The third kappa shape index (κ3) is 2.92. The Bertz CT molecular complexity index is 876. The van der Waals surface area contributed by atoms with Crippen LogP contribution < -0.4 is 10.4 Å². The maximum atomic E-state index is 12.8. The lowest BCUT2D eigenvalue weighted by atomic mass is 9.79. The van der Waals surface area contributed by atoms with Gasteiger partial charge in [0, 0.05) is 28.7 Å². The molecule has 1 N–H and O–H groups in total. The van der Waals surface area contributed by atoms with Crippen molar-refractivity contribution < 1.29 is 14.7 Å². The molecular formula is C20H21N2O3S-. The van der Waals surface area contributed by atoms with Gasteiger partial charge >= 0.3 is 0 Å². The standard InChI is InChI=1S/C20H22N2O3S/c1-10-3-4-11(2)14(7-10)15-9-26-20(21-15)22-18(23)16-12-5-6-13(8-12)17(16)19(24)25/h3-4,7,9,12-13,16-17H,5-6,8H2,1-2H3,(H,24,25)(H,21,22,23)/p-1/t12-,13-,16-,17-/m0/s1. The highest BCUT2D eigenvalue weighted by Crippen LogP contribution is 2.52. The van der Waals surface area contributed by atoms with E-state index in [4.69, 9.17) is 0 Å². The van der Waals surface area contributed by atoms with Crippen molar-refractivity contribution in [3.63, 3.8) is 0 Å². The highest BCUT2D eigenvalue weighted by atomic mass is 32.1. The van der Waals surface area contributed by atoms with Crippen molar-refractivity contribution in [2.75, 3.05) is 5.32 Å². The van der Waals surface area contributed by atoms with Crippen molar-refractivity contribution in [3.05, 3.63) is 34.7 Å². The second-order valence-electron chi connectivity index (χ2n) is 7.55. The number of thiazole rings is 1. The molecule has 0 unspecified atom stereocenters. The molecule has 2 bridgehead atoms. The number of amides is 1. The fraction of sp³-hybridized carbons (Fsp3) is 0.450. The lowest BCUT2D eigenvalue weighted by Crippen LogP contribution is -2.43. The fourth-order valence-corrected chi connectivity index (χ4v) is 5.38. The van der Waals surface area contributed by atoms with E-state index in [1.165, 1.54) is 11.3 Å². The van der Waals surface area contributed by atoms with E-state index < -0.39 is 17.8 Å². The van der Waals surface area contributed by atoms with Gasteiger partial charge in [-0.25, -0.2) is 4.98 Å². The maximum absolute atomic E-state index is 12.8. The number of aliphatic carboxylic acids is 1. The molecule has 2 aliphatic carbocycles. The summed E-state index contributed by atoms with van der Waals surface area (Å²) in [7, 11) is 0. The third-order valence-corrected chi connectivity index (χ3v) is 6.65. The number of carboxylic acids is 1. The highest BCUT2D eigenvalue weighted by Gasteiger charge is 2.51. The Labute approximate surface area is 156 Å². The minimum atomic E-state index is -1.09. The van der Waals surface area contributed by atoms with Gasteiger partial charge in [-0.1, -0.05) is 17.7 Å². The van der Waals surface area contributed by atoms with Crippen molar-refractivity contribution in [1.29, 1.82) is 0 Å². The number of hydrogen-bond donors (Lipinski definition) is 1. The van der Waals surface area contributed by atoms with E-state index >= 15 is 0 Å². The van der Waals surface area contributed by atoms with Crippen molar-refractivity contribution in [3.8, 4) is 11.3 Å². The Morgan fingerprint density at radius 3 is 2.65 bits per heavy atom. The molecule has 0 radical (unpaired) electrons. The van der Waals surface area contributed by atoms with Crippen LogP contribution in [0.4, 0.5) is 5.13 Å². The van der Waals surface area contributed by atoms with Gasteiger partial charge in [0.15, 0.2) is 5.13 Å². The van der Waals surface area contributed by atoms with E-state index in [0.717, 1.165) is 41.6 Å². The number of rotatable bonds is 4. The molecule has 4 rings (SSSR count). The van der Waals surface area contributed by atoms with Gasteiger partial charge in [-0.3, -0.25) is 4.79 Å². The van der Waals surface area contributed by atoms with Crippen LogP contribution in [0, 0.1) is 37.5 Å². The zero-order chi connectivity index (χ0) is 18.4. The summed E-state index contributed by atoms with van der Waals surface area (Å²) in [5, 5.41) is 16.8. The lowest BCUT2D eigenvalue weighted by molar-refractivity contribution is -0.314. The van der Waals surface area contributed by atoms with Crippen LogP contribution in [-0.4, -0.2) is 16.9 Å². The molecule has 0 saturated heterocycles. The number of hydrogen-bond acceptors (Lipinski definition) is 5. The molecule has 2 saturated carbocycles. The first-order valence-corrected chi connectivity index (χ1v) is 9.87. The molecule has 0 spiro atoms. The van der Waals surface area contributed by atoms with Crippen LogP contribution in [-0.2, 0) is 9.59 Å². The van der Waals surface area contributed by atoms with Crippen molar-refractivity contribution >= 4 is 28.3 Å². The number of aromatic nitrogens is 1. The smallest absolute Gasteiger partial charge is 0.230 e. The molecule has 1 heterocycles. The molecule has 4 atom stereocenters. The Hall–Kier alpha value is -2.21. The number of carboxylic acid groups (broad SMARTS) is 1. The largest absolute Gasteiger partial charge is 0.550 e. The number of benzene rings is 1. The minimum absolute atomic E-state index is 0.0857. The summed E-state index contributed by atoms with van der Waals surface area (Å²) in [6.45, 7) is 4.07. The van der Waals surface area contributed by atoms with E-state index in [0.29, 0.717) is 5.13 Å². The Balaban J connectivity index is 1.53. The van der Waals surface area contributed by atoms with Crippen molar-refractivity contribution in [2.45, 2.75) is 33.1 Å². The van der Waals surface area contributed by atoms with E-state index in [1.54, 1.807) is 0 Å². The number of carbonyl (C=O) groups excluding carboxylic acids is 2. The summed E-state index contributed by atoms with van der Waals surface area (Å²) in [6, 6.07) is 6.20. The molecule has 2 aliphatic rings. The van der Waals surface area contributed by atoms with Gasteiger partial charge in [0.05, 0.1) is 5.69 Å². The van der Waals surface area contributed by atoms with Crippen molar-refractivity contribution in [2.24, 2.45) is 23.7 Å². The number of aryl methyl sites for hydroxylation is 2. The van der Waals surface area contributed by atoms with Gasteiger partial charge in [0.25, 0.3) is 0 Å². The Morgan fingerprint density at radius 1 is 1.19 bits per heavy atom. The molecule has 6 heteroatoms. The minimum Gasteiger partial charge on any atom is -0.550 e. The predicted octanol–water partition coefficient (Wildman–Crippen LogP) is 2.78. The Morgan fingerprint density at radius 2 is 1.92 bits per heavy atom. The van der Waals surface area contributed by atoms with Gasteiger partial charge in [-0.2, -0.15) is 0 Å². The topological polar surface area (TPSA) is 82.1 Å². The SMILES string of the molecule is Cc1ccc(C)c(-c2csc(NC(=O)[C@H]3[C@H]4CC[C@@H](C4)[C@@H]3C(=O)[O-])n2)c1. The summed E-state index contributed by atoms with van der Waals surface area (Å²) in [5.74, 6) is -2.23. The Kier molecular flexibility index (Phi) is 4.31. The van der Waals surface area contributed by atoms with E-state index in [-0.39, 0.29) is 17.7 Å². The first-order valence-electron chi connectivity index (χ1n) is 8.99. The maximum Gasteiger partial charge on any atom is 0.230 e. The van der Waals surface area contributed by atoms with Gasteiger partial charge in [-0.05, 0) is 56.6 Å². The van der Waals surface area contributed by atoms with Gasteiger partial charge < -0.3 is 15.2 Å². The number of carbonyl (C=O) groups is 2. The lowest BCUT2D eigenvalue weighted by Gasteiger charge is -2.30. The zero-order valence-corrected chi connectivity index (χ0v) is 15.6. The van der Waals surface area contributed by atoms with Gasteiger partial charge in [-0.15, -0.1) is 11.3 Å². The van der Waals surface area contributed by atoms with Crippen molar-refractivity contribution in [1.82, 2.24) is 4.98 Å². The monoisotopic (exact) mass is 369 g/mol. The molecule has 2 aromatic rings.